The van der Waals surface area contributed by atoms with E-state index >= 15 is 0 Å². The van der Waals surface area contributed by atoms with E-state index in [0.717, 1.165) is 0 Å². The van der Waals surface area contributed by atoms with Gasteiger partial charge in [0.05, 0.1) is 17.3 Å². The van der Waals surface area contributed by atoms with Gasteiger partial charge in [0.15, 0.2) is 5.95 Å². The summed E-state index contributed by atoms with van der Waals surface area (Å²) in [6.45, 7) is 0.0884. The third-order valence-corrected chi connectivity index (χ3v) is 4.34. The minimum atomic E-state index is -0.573. The molecule has 0 saturated carbocycles. The number of thiophene rings is 1. The van der Waals surface area contributed by atoms with Crippen LogP contribution in [-0.4, -0.2) is 30.2 Å². The Morgan fingerprint density at radius 3 is 2.75 bits per heavy atom. The summed E-state index contributed by atoms with van der Waals surface area (Å²) in [5.41, 5.74) is 0.918. The lowest BCUT2D eigenvalue weighted by atomic mass is 10.3. The normalized spacial score (nSPS) is 10.6. The van der Waals surface area contributed by atoms with Crippen LogP contribution < -0.4 is 14.5 Å². The van der Waals surface area contributed by atoms with Gasteiger partial charge in [-0.05, 0) is 28.3 Å². The van der Waals surface area contributed by atoms with Crippen molar-refractivity contribution in [1.82, 2.24) is 10.2 Å². The fraction of sp³-hybridized carbons (Fsp3) is 0.188. The van der Waals surface area contributed by atoms with Gasteiger partial charge in [0.2, 0.25) is 5.69 Å². The van der Waals surface area contributed by atoms with Gasteiger partial charge >= 0.3 is 0 Å². The van der Waals surface area contributed by atoms with Crippen molar-refractivity contribution in [1.29, 1.82) is 0 Å². The van der Waals surface area contributed by atoms with E-state index in [1.807, 2.05) is 11.4 Å². The Balaban J connectivity index is 1.85. The Kier molecular flexibility index (Phi) is 4.48. The van der Waals surface area contributed by atoms with Crippen LogP contribution in [0.5, 0.6) is 11.7 Å². The third-order valence-electron chi connectivity index (χ3n) is 3.48. The van der Waals surface area contributed by atoms with E-state index in [9.17, 15) is 9.90 Å². The minimum absolute atomic E-state index is 0.0884. The molecule has 0 N–H and O–H groups in total. The first-order valence-corrected chi connectivity index (χ1v) is 7.99. The molecule has 0 atom stereocenters. The van der Waals surface area contributed by atoms with Crippen molar-refractivity contribution in [2.24, 2.45) is 0 Å². The molecule has 1 aromatic carbocycles. The fourth-order valence-corrected chi connectivity index (χ4v) is 2.93. The van der Waals surface area contributed by atoms with Crippen molar-refractivity contribution < 1.29 is 23.8 Å². The van der Waals surface area contributed by atoms with Crippen LogP contribution in [0.3, 0.4) is 0 Å². The predicted molar refractivity (Wildman–Crippen MR) is 84.1 cm³/mol. The SMILES string of the molecule is COc1ccc(-[n+]2noc([O-])c2CN(C)C(=O)c2cccs2)cc1. The minimum Gasteiger partial charge on any atom is -0.539 e. The molecular formula is C16H15N3O4S. The number of amides is 1. The largest absolute Gasteiger partial charge is 0.539 e. The Labute approximate surface area is 142 Å². The molecule has 0 aliphatic carbocycles. The standard InChI is InChI=1S/C16H15N3O4S/c1-18(15(20)14-4-3-9-24-14)10-13-16(21)23-17-19(13)11-5-7-12(22-2)8-6-11/h3-9H,10H2,1-2H3. The Morgan fingerprint density at radius 2 is 2.12 bits per heavy atom. The van der Waals surface area contributed by atoms with Crippen molar-refractivity contribution in [3.8, 4) is 17.4 Å². The molecule has 124 valence electrons. The molecule has 7 nitrogen and oxygen atoms in total. The summed E-state index contributed by atoms with van der Waals surface area (Å²) in [7, 11) is 3.21. The van der Waals surface area contributed by atoms with E-state index in [2.05, 4.69) is 5.27 Å². The first-order chi connectivity index (χ1) is 11.6. The molecule has 3 rings (SSSR count). The Morgan fingerprint density at radius 1 is 1.38 bits per heavy atom. The lowest BCUT2D eigenvalue weighted by Gasteiger charge is -2.14. The van der Waals surface area contributed by atoms with E-state index in [1.165, 1.54) is 20.9 Å². The molecule has 2 heterocycles. The van der Waals surface area contributed by atoms with Crippen molar-refractivity contribution >= 4 is 17.2 Å². The van der Waals surface area contributed by atoms with Crippen molar-refractivity contribution in [3.05, 3.63) is 52.3 Å². The number of carbonyl (C=O) groups is 1. The molecule has 24 heavy (non-hydrogen) atoms. The number of aromatic nitrogens is 2. The zero-order valence-electron chi connectivity index (χ0n) is 13.1. The quantitative estimate of drug-likeness (QED) is 0.652. The summed E-state index contributed by atoms with van der Waals surface area (Å²) in [6.07, 6.45) is 0. The highest BCUT2D eigenvalue weighted by atomic mass is 32.1. The van der Waals surface area contributed by atoms with E-state index < -0.39 is 5.95 Å². The lowest BCUT2D eigenvalue weighted by Crippen LogP contribution is -2.40. The van der Waals surface area contributed by atoms with Crippen molar-refractivity contribution in [3.63, 3.8) is 0 Å². The summed E-state index contributed by atoms with van der Waals surface area (Å²) in [6, 6.07) is 10.6. The van der Waals surface area contributed by atoms with Crippen LogP contribution in [0, 0.1) is 0 Å². The number of ether oxygens (including phenoxy) is 1. The summed E-state index contributed by atoms with van der Waals surface area (Å²) in [5, 5.41) is 17.6. The maximum absolute atomic E-state index is 12.3. The average molecular weight is 345 g/mol. The van der Waals surface area contributed by atoms with Gasteiger partial charge in [-0.1, -0.05) is 6.07 Å². The van der Waals surface area contributed by atoms with Gasteiger partial charge in [-0.25, -0.2) is 0 Å². The van der Waals surface area contributed by atoms with Crippen LogP contribution in [0.15, 0.2) is 46.3 Å². The first kappa shape index (κ1) is 16.0. The molecule has 0 unspecified atom stereocenters. The van der Waals surface area contributed by atoms with Crippen LogP contribution in [0.1, 0.15) is 15.4 Å². The molecule has 1 amide bonds. The number of methoxy groups -OCH3 is 1. The molecule has 0 saturated heterocycles. The van der Waals surface area contributed by atoms with Crippen LogP contribution in [0.25, 0.3) is 5.69 Å². The number of carbonyl (C=O) groups excluding carboxylic acids is 1. The van der Waals surface area contributed by atoms with Crippen molar-refractivity contribution in [2.75, 3.05) is 14.2 Å². The summed E-state index contributed by atoms with van der Waals surface area (Å²) in [4.78, 5) is 14.4. The van der Waals surface area contributed by atoms with E-state index in [-0.39, 0.29) is 18.1 Å². The number of hydrogen-bond acceptors (Lipinski definition) is 6. The van der Waals surface area contributed by atoms with Gasteiger partial charge < -0.3 is 19.3 Å². The van der Waals surface area contributed by atoms with E-state index in [0.29, 0.717) is 16.3 Å². The second-order valence-electron chi connectivity index (χ2n) is 5.06. The molecule has 0 aliphatic heterocycles. The average Bonchev–Trinajstić information content (AvgIpc) is 3.25. The van der Waals surface area contributed by atoms with Gasteiger partial charge in [0.1, 0.15) is 12.3 Å². The highest BCUT2D eigenvalue weighted by Gasteiger charge is 2.24. The molecular weight excluding hydrogens is 330 g/mol. The third kappa shape index (κ3) is 3.09. The second-order valence-corrected chi connectivity index (χ2v) is 6.00. The highest BCUT2D eigenvalue weighted by Crippen LogP contribution is 2.17. The van der Waals surface area contributed by atoms with Gasteiger partial charge in [-0.2, -0.15) is 0 Å². The lowest BCUT2D eigenvalue weighted by molar-refractivity contribution is -0.678. The zero-order valence-corrected chi connectivity index (χ0v) is 13.9. The Hall–Kier alpha value is -2.87. The predicted octanol–water partition coefficient (Wildman–Crippen LogP) is 1.37. The number of rotatable bonds is 5. The van der Waals surface area contributed by atoms with Gasteiger partial charge in [0.25, 0.3) is 11.6 Å². The molecule has 0 fully saturated rings. The number of nitrogens with zero attached hydrogens (tertiary/aromatic N) is 3. The second kappa shape index (κ2) is 6.71. The van der Waals surface area contributed by atoms with Crippen molar-refractivity contribution in [2.45, 2.75) is 6.54 Å². The van der Waals surface area contributed by atoms with E-state index in [1.54, 1.807) is 44.5 Å². The van der Waals surface area contributed by atoms with Crippen LogP contribution >= 0.6 is 11.3 Å². The van der Waals surface area contributed by atoms with Crippen LogP contribution in [0.2, 0.25) is 0 Å². The number of benzene rings is 1. The van der Waals surface area contributed by atoms with Gasteiger partial charge in [-0.15, -0.1) is 11.3 Å². The monoisotopic (exact) mass is 345 g/mol. The Bertz CT molecular complexity index is 828. The van der Waals surface area contributed by atoms with Gasteiger partial charge in [-0.3, -0.25) is 4.79 Å². The van der Waals surface area contributed by atoms with Crippen LogP contribution in [-0.2, 0) is 6.54 Å². The maximum atomic E-state index is 12.3. The smallest absolute Gasteiger partial charge is 0.264 e. The summed E-state index contributed by atoms with van der Waals surface area (Å²) >= 11 is 1.35. The molecule has 0 aliphatic rings. The molecule has 3 aromatic rings. The molecule has 2 aromatic heterocycles. The summed E-state index contributed by atoms with van der Waals surface area (Å²) < 4.78 is 11.3. The molecule has 8 heteroatoms. The summed E-state index contributed by atoms with van der Waals surface area (Å²) in [5.74, 6) is -0.0414. The maximum Gasteiger partial charge on any atom is 0.264 e. The van der Waals surface area contributed by atoms with E-state index in [4.69, 9.17) is 9.26 Å². The number of hydrogen-bond donors (Lipinski definition) is 0. The fourth-order valence-electron chi connectivity index (χ4n) is 2.21. The highest BCUT2D eigenvalue weighted by molar-refractivity contribution is 7.12. The van der Waals surface area contributed by atoms with Crippen LogP contribution in [0.4, 0.5) is 0 Å². The van der Waals surface area contributed by atoms with Gasteiger partial charge in [0, 0.05) is 19.2 Å². The molecule has 0 radical (unpaired) electrons. The zero-order chi connectivity index (χ0) is 17.1. The molecule has 0 spiro atoms. The first-order valence-electron chi connectivity index (χ1n) is 7.11. The topological polar surface area (TPSA) is 82.5 Å². The molecule has 0 bridgehead atoms.